The molecule has 0 aromatic heterocycles. The Hall–Kier alpha value is -2.33. The molecule has 25 heavy (non-hydrogen) atoms. The Kier molecular flexibility index (Phi) is 6.07. The first kappa shape index (κ1) is 17.5. The van der Waals surface area contributed by atoms with E-state index in [-0.39, 0.29) is 19.1 Å². The Bertz CT molecular complexity index is 670. The molecule has 0 saturated carbocycles. The minimum Gasteiger partial charge on any atom is -0.484 e. The number of ether oxygens (including phenoxy) is 1. The number of carbonyl (C=O) groups excluding carboxylic acids is 1. The van der Waals surface area contributed by atoms with Crippen molar-refractivity contribution >= 4 is 5.91 Å². The molecule has 3 rings (SSSR count). The van der Waals surface area contributed by atoms with Gasteiger partial charge in [0, 0.05) is 6.54 Å². The number of hydrogen-bond donors (Lipinski definition) is 2. The number of rotatable bonds is 6. The lowest BCUT2D eigenvalue weighted by atomic mass is 10.00. The first-order valence-electron chi connectivity index (χ1n) is 8.90. The Labute approximate surface area is 148 Å². The second kappa shape index (κ2) is 8.67. The van der Waals surface area contributed by atoms with Crippen molar-refractivity contribution in [3.8, 4) is 5.75 Å². The van der Waals surface area contributed by atoms with E-state index in [1.54, 1.807) is 24.3 Å². The van der Waals surface area contributed by atoms with Gasteiger partial charge in [0.1, 0.15) is 5.75 Å². The highest BCUT2D eigenvalue weighted by Crippen LogP contribution is 2.24. The number of carbonyl (C=O) groups is 1. The molecule has 2 aromatic carbocycles. The van der Waals surface area contributed by atoms with E-state index in [1.807, 2.05) is 0 Å². The maximum absolute atomic E-state index is 12.0. The number of nitrogens with one attached hydrogen (secondary N) is 1. The van der Waals surface area contributed by atoms with Gasteiger partial charge in [0.25, 0.3) is 5.91 Å². The highest BCUT2D eigenvalue weighted by molar-refractivity contribution is 5.77. The summed E-state index contributed by atoms with van der Waals surface area (Å²) in [6, 6.07) is 15.7. The smallest absolute Gasteiger partial charge is 0.257 e. The molecule has 1 aliphatic rings. The SMILES string of the molecule is O=C(COc1ccc(CO)cc1)NCC1CCc2ccccc2CC1. The van der Waals surface area contributed by atoms with E-state index in [4.69, 9.17) is 9.84 Å². The van der Waals surface area contributed by atoms with Crippen LogP contribution in [0.3, 0.4) is 0 Å². The maximum atomic E-state index is 12.0. The molecule has 1 amide bonds. The third-order valence-corrected chi connectivity index (χ3v) is 4.83. The zero-order valence-electron chi connectivity index (χ0n) is 14.4. The summed E-state index contributed by atoms with van der Waals surface area (Å²) in [6.07, 6.45) is 4.40. The molecular weight excluding hydrogens is 314 g/mol. The van der Waals surface area contributed by atoms with Gasteiger partial charge in [-0.1, -0.05) is 36.4 Å². The first-order chi connectivity index (χ1) is 12.2. The highest BCUT2D eigenvalue weighted by atomic mass is 16.5. The van der Waals surface area contributed by atoms with E-state index in [0.29, 0.717) is 18.2 Å². The summed E-state index contributed by atoms with van der Waals surface area (Å²) in [5, 5.41) is 12.0. The van der Waals surface area contributed by atoms with Gasteiger partial charge in [-0.2, -0.15) is 0 Å². The molecule has 132 valence electrons. The molecule has 2 N–H and O–H groups in total. The van der Waals surface area contributed by atoms with E-state index in [1.165, 1.54) is 11.1 Å². The second-order valence-corrected chi connectivity index (χ2v) is 6.61. The number of fused-ring (bicyclic) bond motifs is 1. The maximum Gasteiger partial charge on any atom is 0.257 e. The zero-order valence-corrected chi connectivity index (χ0v) is 14.4. The van der Waals surface area contributed by atoms with E-state index >= 15 is 0 Å². The van der Waals surface area contributed by atoms with Crippen LogP contribution in [0.15, 0.2) is 48.5 Å². The molecule has 1 aliphatic carbocycles. The molecule has 0 fully saturated rings. The second-order valence-electron chi connectivity index (χ2n) is 6.61. The van der Waals surface area contributed by atoms with Gasteiger partial charge in [0.15, 0.2) is 6.61 Å². The Balaban J connectivity index is 1.40. The van der Waals surface area contributed by atoms with Crippen LogP contribution in [0.5, 0.6) is 5.75 Å². The van der Waals surface area contributed by atoms with Crippen LogP contribution < -0.4 is 10.1 Å². The molecule has 0 unspecified atom stereocenters. The summed E-state index contributed by atoms with van der Waals surface area (Å²) in [5.74, 6) is 1.06. The molecule has 0 bridgehead atoms. The average Bonchev–Trinajstić information content (AvgIpc) is 2.87. The van der Waals surface area contributed by atoms with Crippen molar-refractivity contribution in [2.24, 2.45) is 5.92 Å². The molecular formula is C21H25NO3. The monoisotopic (exact) mass is 339 g/mol. The van der Waals surface area contributed by atoms with Gasteiger partial charge in [-0.25, -0.2) is 0 Å². The van der Waals surface area contributed by atoms with Crippen LogP contribution >= 0.6 is 0 Å². The van der Waals surface area contributed by atoms with Crippen molar-refractivity contribution < 1.29 is 14.6 Å². The summed E-state index contributed by atoms with van der Waals surface area (Å²) in [6.45, 7) is 0.733. The summed E-state index contributed by atoms with van der Waals surface area (Å²) in [5.41, 5.74) is 3.73. The van der Waals surface area contributed by atoms with Gasteiger partial charge >= 0.3 is 0 Å². The van der Waals surface area contributed by atoms with E-state index in [9.17, 15) is 4.79 Å². The van der Waals surface area contributed by atoms with Gasteiger partial charge < -0.3 is 15.2 Å². The first-order valence-corrected chi connectivity index (χ1v) is 8.90. The molecule has 0 radical (unpaired) electrons. The number of aliphatic hydroxyl groups is 1. The van der Waals surface area contributed by atoms with Crippen LogP contribution in [0.4, 0.5) is 0 Å². The number of benzene rings is 2. The van der Waals surface area contributed by atoms with Gasteiger partial charge in [0.05, 0.1) is 6.61 Å². The fraction of sp³-hybridized carbons (Fsp3) is 0.381. The van der Waals surface area contributed by atoms with Crippen LogP contribution in [-0.2, 0) is 24.2 Å². The Morgan fingerprint density at radius 2 is 1.68 bits per heavy atom. The van der Waals surface area contributed by atoms with Crippen molar-refractivity contribution in [1.82, 2.24) is 5.32 Å². The highest BCUT2D eigenvalue weighted by Gasteiger charge is 2.16. The quantitative estimate of drug-likeness (QED) is 0.796. The van der Waals surface area contributed by atoms with Crippen LogP contribution in [0, 0.1) is 5.92 Å². The van der Waals surface area contributed by atoms with Gasteiger partial charge in [-0.3, -0.25) is 4.79 Å². The number of amides is 1. The van der Waals surface area contributed by atoms with Crippen LogP contribution in [-0.4, -0.2) is 24.2 Å². The summed E-state index contributed by atoms with van der Waals surface area (Å²) in [7, 11) is 0. The van der Waals surface area contributed by atoms with Crippen molar-refractivity contribution in [3.63, 3.8) is 0 Å². The van der Waals surface area contributed by atoms with Crippen molar-refractivity contribution in [1.29, 1.82) is 0 Å². The van der Waals surface area contributed by atoms with E-state index in [2.05, 4.69) is 29.6 Å². The number of aliphatic hydroxyl groups excluding tert-OH is 1. The molecule has 0 spiro atoms. The summed E-state index contributed by atoms with van der Waals surface area (Å²) >= 11 is 0. The minimum absolute atomic E-state index is 0.00597. The fourth-order valence-corrected chi connectivity index (χ4v) is 3.26. The van der Waals surface area contributed by atoms with Crippen molar-refractivity contribution in [2.75, 3.05) is 13.2 Å². The van der Waals surface area contributed by atoms with Gasteiger partial charge in [0.2, 0.25) is 0 Å². The van der Waals surface area contributed by atoms with Crippen molar-refractivity contribution in [3.05, 3.63) is 65.2 Å². The molecule has 0 aliphatic heterocycles. The lowest BCUT2D eigenvalue weighted by Crippen LogP contribution is -2.33. The molecule has 2 aromatic rings. The standard InChI is InChI=1S/C21H25NO3/c23-14-17-7-11-20(12-8-17)25-15-21(24)22-13-16-5-9-18-3-1-2-4-19(18)10-6-16/h1-4,7-8,11-12,16,23H,5-6,9-10,13-15H2,(H,22,24). The third-order valence-electron chi connectivity index (χ3n) is 4.83. The molecule has 4 heteroatoms. The van der Waals surface area contributed by atoms with Gasteiger partial charge in [-0.15, -0.1) is 0 Å². The zero-order chi connectivity index (χ0) is 17.5. The van der Waals surface area contributed by atoms with Crippen LogP contribution in [0.2, 0.25) is 0 Å². The van der Waals surface area contributed by atoms with E-state index in [0.717, 1.165) is 31.2 Å². The molecule has 0 atom stereocenters. The third kappa shape index (κ3) is 5.07. The molecule has 0 heterocycles. The number of hydrogen-bond acceptors (Lipinski definition) is 3. The topological polar surface area (TPSA) is 58.6 Å². The minimum atomic E-state index is -0.0898. The number of aryl methyl sites for hydroxylation is 2. The largest absolute Gasteiger partial charge is 0.484 e. The molecule has 4 nitrogen and oxygen atoms in total. The summed E-state index contributed by atoms with van der Waals surface area (Å²) < 4.78 is 5.49. The fourth-order valence-electron chi connectivity index (χ4n) is 3.26. The predicted molar refractivity (Wildman–Crippen MR) is 97.4 cm³/mol. The van der Waals surface area contributed by atoms with Crippen molar-refractivity contribution in [2.45, 2.75) is 32.3 Å². The Morgan fingerprint density at radius 1 is 1.04 bits per heavy atom. The lowest BCUT2D eigenvalue weighted by molar-refractivity contribution is -0.123. The van der Waals surface area contributed by atoms with Gasteiger partial charge in [-0.05, 0) is 60.4 Å². The lowest BCUT2D eigenvalue weighted by Gasteiger charge is -2.15. The van der Waals surface area contributed by atoms with E-state index < -0.39 is 0 Å². The average molecular weight is 339 g/mol. The normalized spacial score (nSPS) is 14.4. The molecule has 0 saturated heterocycles. The summed E-state index contributed by atoms with van der Waals surface area (Å²) in [4.78, 5) is 12.0. The Morgan fingerprint density at radius 3 is 2.28 bits per heavy atom. The predicted octanol–water partition coefficient (Wildman–Crippen LogP) is 2.87. The van der Waals surface area contributed by atoms with Crippen LogP contribution in [0.1, 0.15) is 29.5 Å². The van der Waals surface area contributed by atoms with Crippen LogP contribution in [0.25, 0.3) is 0 Å².